The number of fused-ring (bicyclic) bond motifs is 9. The van der Waals surface area contributed by atoms with Crippen molar-refractivity contribution in [2.24, 2.45) is 0 Å². The minimum absolute atomic E-state index is 0.490. The smallest absolute Gasteiger partial charge is 0.0972 e. The van der Waals surface area contributed by atoms with Crippen molar-refractivity contribution in [3.05, 3.63) is 210 Å². The van der Waals surface area contributed by atoms with Gasteiger partial charge in [-0.1, -0.05) is 152 Å². The Balaban J connectivity index is 1.15. The van der Waals surface area contributed by atoms with Crippen LogP contribution in [-0.2, 0) is 5.41 Å². The first-order valence-electron chi connectivity index (χ1n) is 18.1. The SMILES string of the molecule is c1ccc(C2(c3ccccc3)c3ccccc3-c3cc4c(cc32)c(-c2ccc(-c3ccc5ccc6cccnc6c5n3)cc2)nc2ccccc24)cc1. The maximum atomic E-state index is 5.40. The van der Waals surface area contributed by atoms with Crippen molar-refractivity contribution in [2.45, 2.75) is 5.41 Å². The van der Waals surface area contributed by atoms with Crippen molar-refractivity contribution in [3.8, 4) is 33.6 Å². The summed E-state index contributed by atoms with van der Waals surface area (Å²) in [6, 6.07) is 65.6. The van der Waals surface area contributed by atoms with Crippen LogP contribution in [-0.4, -0.2) is 15.0 Å². The van der Waals surface area contributed by atoms with Gasteiger partial charge in [-0.15, -0.1) is 0 Å². The molecule has 0 amide bonds. The normalized spacial score (nSPS) is 13.1. The van der Waals surface area contributed by atoms with Gasteiger partial charge in [-0.25, -0.2) is 9.97 Å². The molecule has 0 unspecified atom stereocenters. The van der Waals surface area contributed by atoms with E-state index in [2.05, 4.69) is 181 Å². The summed E-state index contributed by atoms with van der Waals surface area (Å²) >= 11 is 0. The van der Waals surface area contributed by atoms with E-state index in [9.17, 15) is 0 Å². The summed E-state index contributed by atoms with van der Waals surface area (Å²) in [6.45, 7) is 0. The van der Waals surface area contributed by atoms with E-state index in [1.165, 1.54) is 38.8 Å². The second-order valence-corrected chi connectivity index (χ2v) is 13.9. The molecule has 3 nitrogen and oxygen atoms in total. The van der Waals surface area contributed by atoms with Gasteiger partial charge in [-0.3, -0.25) is 4.98 Å². The molecular formula is C50H31N3. The Morgan fingerprint density at radius 2 is 1.06 bits per heavy atom. The fraction of sp³-hybridized carbons (Fsp3) is 0.0200. The highest BCUT2D eigenvalue weighted by atomic mass is 14.8. The van der Waals surface area contributed by atoms with Crippen LogP contribution in [0.5, 0.6) is 0 Å². The summed E-state index contributed by atoms with van der Waals surface area (Å²) in [6.07, 6.45) is 1.84. The van der Waals surface area contributed by atoms with E-state index in [1.807, 2.05) is 12.3 Å². The van der Waals surface area contributed by atoms with E-state index in [-0.39, 0.29) is 0 Å². The van der Waals surface area contributed by atoms with Gasteiger partial charge in [0.1, 0.15) is 0 Å². The van der Waals surface area contributed by atoms with Crippen molar-refractivity contribution < 1.29 is 0 Å². The first-order chi connectivity index (χ1) is 26.3. The average molecular weight is 674 g/mol. The first kappa shape index (κ1) is 29.7. The van der Waals surface area contributed by atoms with E-state index in [1.54, 1.807) is 0 Å². The lowest BCUT2D eigenvalue weighted by Gasteiger charge is -2.34. The lowest BCUT2D eigenvalue weighted by atomic mass is 9.67. The monoisotopic (exact) mass is 673 g/mol. The van der Waals surface area contributed by atoms with E-state index in [0.717, 1.165) is 60.6 Å². The Morgan fingerprint density at radius 1 is 0.396 bits per heavy atom. The van der Waals surface area contributed by atoms with Crippen LogP contribution >= 0.6 is 0 Å². The predicted octanol–water partition coefficient (Wildman–Crippen LogP) is 12.2. The molecule has 11 rings (SSSR count). The highest BCUT2D eigenvalue weighted by molar-refractivity contribution is 6.13. The predicted molar refractivity (Wildman–Crippen MR) is 218 cm³/mol. The number of hydrogen-bond acceptors (Lipinski definition) is 3. The number of hydrogen-bond donors (Lipinski definition) is 0. The number of nitrogens with zero attached hydrogens (tertiary/aromatic N) is 3. The van der Waals surface area contributed by atoms with Crippen molar-refractivity contribution in [1.82, 2.24) is 15.0 Å². The molecule has 3 heterocycles. The molecule has 0 radical (unpaired) electrons. The third-order valence-corrected chi connectivity index (χ3v) is 11.2. The summed E-state index contributed by atoms with van der Waals surface area (Å²) < 4.78 is 0. The van der Waals surface area contributed by atoms with Gasteiger partial charge in [-0.2, -0.15) is 0 Å². The highest BCUT2D eigenvalue weighted by Crippen LogP contribution is 2.57. The summed E-state index contributed by atoms with van der Waals surface area (Å²) in [4.78, 5) is 15.2. The Labute approximate surface area is 306 Å². The minimum atomic E-state index is -0.490. The van der Waals surface area contributed by atoms with Crippen LogP contribution in [0.4, 0.5) is 0 Å². The fourth-order valence-corrected chi connectivity index (χ4v) is 8.79. The van der Waals surface area contributed by atoms with Gasteiger partial charge < -0.3 is 0 Å². The Morgan fingerprint density at radius 3 is 1.85 bits per heavy atom. The summed E-state index contributed by atoms with van der Waals surface area (Å²) in [7, 11) is 0. The molecule has 0 fully saturated rings. The third-order valence-electron chi connectivity index (χ3n) is 11.2. The molecule has 3 heteroatoms. The molecule has 0 aliphatic heterocycles. The molecule has 246 valence electrons. The molecule has 0 atom stereocenters. The zero-order valence-corrected chi connectivity index (χ0v) is 28.7. The molecule has 1 aliphatic carbocycles. The zero-order chi connectivity index (χ0) is 34.9. The molecule has 7 aromatic carbocycles. The standard InChI is InChI=1S/C50H31N3/c1-3-13-36(14-4-1)50(37-15-5-2-6-16-37)43-19-9-7-17-38(43)41-30-40-39-18-8-10-20-46(39)53-47(42(40)31-44(41)50)34-23-21-32(22-24-34)45-28-27-35-26-25-33-12-11-29-51-48(33)49(35)52-45/h1-31H. The lowest BCUT2D eigenvalue weighted by Crippen LogP contribution is -2.28. The number of rotatable bonds is 4. The third kappa shape index (κ3) is 4.38. The topological polar surface area (TPSA) is 38.7 Å². The van der Waals surface area contributed by atoms with E-state index in [4.69, 9.17) is 9.97 Å². The second-order valence-electron chi connectivity index (χ2n) is 13.9. The molecule has 3 aromatic heterocycles. The number of aromatic nitrogens is 3. The van der Waals surface area contributed by atoms with Gasteiger partial charge in [0.15, 0.2) is 0 Å². The summed E-state index contributed by atoms with van der Waals surface area (Å²) in [5, 5.41) is 5.67. The lowest BCUT2D eigenvalue weighted by molar-refractivity contribution is 0.769. The number of pyridine rings is 3. The molecule has 10 aromatic rings. The number of benzene rings is 7. The van der Waals surface area contributed by atoms with E-state index in [0.29, 0.717) is 0 Å². The maximum Gasteiger partial charge on any atom is 0.0972 e. The van der Waals surface area contributed by atoms with Crippen LogP contribution in [0.3, 0.4) is 0 Å². The van der Waals surface area contributed by atoms with Crippen molar-refractivity contribution in [3.63, 3.8) is 0 Å². The van der Waals surface area contributed by atoms with Crippen LogP contribution in [0, 0.1) is 0 Å². The van der Waals surface area contributed by atoms with Gasteiger partial charge in [-0.05, 0) is 69.1 Å². The Hall–Kier alpha value is -6.97. The largest absolute Gasteiger partial charge is 0.254 e. The van der Waals surface area contributed by atoms with Crippen molar-refractivity contribution in [1.29, 1.82) is 0 Å². The van der Waals surface area contributed by atoms with Gasteiger partial charge in [0.05, 0.1) is 33.4 Å². The van der Waals surface area contributed by atoms with Gasteiger partial charge in [0, 0.05) is 38.9 Å². The second kappa shape index (κ2) is 11.5. The van der Waals surface area contributed by atoms with Crippen LogP contribution < -0.4 is 0 Å². The zero-order valence-electron chi connectivity index (χ0n) is 28.7. The van der Waals surface area contributed by atoms with Gasteiger partial charge in [0.25, 0.3) is 0 Å². The minimum Gasteiger partial charge on any atom is -0.254 e. The van der Waals surface area contributed by atoms with E-state index >= 15 is 0 Å². The maximum absolute atomic E-state index is 5.40. The van der Waals surface area contributed by atoms with Gasteiger partial charge >= 0.3 is 0 Å². The molecule has 1 aliphatic rings. The van der Waals surface area contributed by atoms with Crippen LogP contribution in [0.2, 0.25) is 0 Å². The molecule has 0 saturated heterocycles. The first-order valence-corrected chi connectivity index (χ1v) is 18.1. The summed E-state index contributed by atoms with van der Waals surface area (Å²) in [5.41, 5.74) is 14.0. The van der Waals surface area contributed by atoms with Crippen LogP contribution in [0.1, 0.15) is 22.3 Å². The van der Waals surface area contributed by atoms with E-state index < -0.39 is 5.41 Å². The van der Waals surface area contributed by atoms with Gasteiger partial charge in [0.2, 0.25) is 0 Å². The van der Waals surface area contributed by atoms with Crippen LogP contribution in [0.15, 0.2) is 188 Å². The number of para-hydroxylation sites is 1. The summed E-state index contributed by atoms with van der Waals surface area (Å²) in [5.74, 6) is 0. The quantitative estimate of drug-likeness (QED) is 0.175. The highest BCUT2D eigenvalue weighted by Gasteiger charge is 2.46. The molecular weight excluding hydrogens is 643 g/mol. The fourth-order valence-electron chi connectivity index (χ4n) is 8.79. The molecule has 0 bridgehead atoms. The molecule has 0 saturated carbocycles. The Kier molecular flexibility index (Phi) is 6.47. The Bertz CT molecular complexity index is 3000. The molecule has 0 N–H and O–H groups in total. The molecule has 53 heavy (non-hydrogen) atoms. The molecule has 0 spiro atoms. The van der Waals surface area contributed by atoms with Crippen LogP contribution in [0.25, 0.3) is 77.1 Å². The van der Waals surface area contributed by atoms with Crippen molar-refractivity contribution >= 4 is 43.5 Å². The average Bonchev–Trinajstić information content (AvgIpc) is 3.53. The van der Waals surface area contributed by atoms with Crippen molar-refractivity contribution in [2.75, 3.05) is 0 Å².